The van der Waals surface area contributed by atoms with Crippen molar-refractivity contribution in [2.24, 2.45) is 0 Å². The van der Waals surface area contributed by atoms with E-state index in [9.17, 15) is 0 Å². The minimum absolute atomic E-state index is 0.209. The largest absolute Gasteiger partial charge is 0.496 e. The molecule has 1 aromatic rings. The average molecular weight is 259 g/mol. The summed E-state index contributed by atoms with van der Waals surface area (Å²) in [5.41, 5.74) is 4.88. The molecule has 2 aliphatic heterocycles. The van der Waals surface area contributed by atoms with E-state index < -0.39 is 0 Å². The molecule has 2 aliphatic rings. The van der Waals surface area contributed by atoms with Gasteiger partial charge in [-0.3, -0.25) is 0 Å². The van der Waals surface area contributed by atoms with E-state index in [1.54, 1.807) is 7.11 Å². The predicted molar refractivity (Wildman–Crippen MR) is 80.5 cm³/mol. The fourth-order valence-corrected chi connectivity index (χ4v) is 3.70. The summed E-state index contributed by atoms with van der Waals surface area (Å²) < 4.78 is 5.66. The highest BCUT2D eigenvalue weighted by molar-refractivity contribution is 5.71. The van der Waals surface area contributed by atoms with E-state index in [4.69, 9.17) is 4.74 Å². The zero-order chi connectivity index (χ0) is 13.8. The molecule has 104 valence electrons. The Balaban J connectivity index is 2.31. The molecule has 0 aromatic heterocycles. The minimum Gasteiger partial charge on any atom is -0.496 e. The van der Waals surface area contributed by atoms with Gasteiger partial charge < -0.3 is 9.64 Å². The molecular weight excluding hydrogens is 234 g/mol. The van der Waals surface area contributed by atoms with Crippen LogP contribution in [-0.4, -0.2) is 20.2 Å². The van der Waals surface area contributed by atoms with Crippen LogP contribution in [0, 0.1) is 0 Å². The lowest BCUT2D eigenvalue weighted by Crippen LogP contribution is -2.44. The van der Waals surface area contributed by atoms with Crippen molar-refractivity contribution in [1.29, 1.82) is 0 Å². The highest BCUT2D eigenvalue weighted by Crippen LogP contribution is 2.51. The summed E-state index contributed by atoms with van der Waals surface area (Å²) in [5.74, 6) is 1.06. The lowest BCUT2D eigenvalue weighted by atomic mass is 9.69. The van der Waals surface area contributed by atoms with Gasteiger partial charge in [-0.25, -0.2) is 0 Å². The first-order valence-corrected chi connectivity index (χ1v) is 7.34. The second-order valence-corrected chi connectivity index (χ2v) is 7.29. The molecule has 0 radical (unpaired) electrons. The highest BCUT2D eigenvalue weighted by Gasteiger charge is 2.41. The van der Waals surface area contributed by atoms with Crippen LogP contribution in [0.15, 0.2) is 12.1 Å². The van der Waals surface area contributed by atoms with Crippen LogP contribution in [0.2, 0.25) is 0 Å². The molecule has 19 heavy (non-hydrogen) atoms. The SMILES string of the molecule is COc1ccc2c3c1C(C)(C)CCN3CCC2(C)C. The Morgan fingerprint density at radius 3 is 2.26 bits per heavy atom. The molecule has 0 aliphatic carbocycles. The van der Waals surface area contributed by atoms with Gasteiger partial charge in [0, 0.05) is 24.3 Å². The Hall–Kier alpha value is -1.18. The molecule has 0 N–H and O–H groups in total. The van der Waals surface area contributed by atoms with Crippen LogP contribution in [0.25, 0.3) is 0 Å². The first kappa shape index (κ1) is 12.8. The van der Waals surface area contributed by atoms with E-state index in [1.807, 2.05) is 0 Å². The molecule has 3 rings (SSSR count). The molecule has 0 spiro atoms. The molecule has 0 saturated heterocycles. The number of hydrogen-bond acceptors (Lipinski definition) is 2. The van der Waals surface area contributed by atoms with Crippen LogP contribution in [0.1, 0.15) is 51.7 Å². The molecule has 0 amide bonds. The summed E-state index contributed by atoms with van der Waals surface area (Å²) in [5, 5.41) is 0. The van der Waals surface area contributed by atoms with Crippen LogP contribution < -0.4 is 9.64 Å². The van der Waals surface area contributed by atoms with Gasteiger partial charge in [-0.15, -0.1) is 0 Å². The van der Waals surface area contributed by atoms with E-state index in [1.165, 1.54) is 42.7 Å². The third-order valence-corrected chi connectivity index (χ3v) is 5.10. The highest BCUT2D eigenvalue weighted by atomic mass is 16.5. The van der Waals surface area contributed by atoms with E-state index in [0.717, 1.165) is 5.75 Å². The number of benzene rings is 1. The number of rotatable bonds is 1. The second-order valence-electron chi connectivity index (χ2n) is 7.29. The number of ether oxygens (including phenoxy) is 1. The summed E-state index contributed by atoms with van der Waals surface area (Å²) >= 11 is 0. The zero-order valence-corrected chi connectivity index (χ0v) is 12.8. The number of hydrogen-bond donors (Lipinski definition) is 0. The van der Waals surface area contributed by atoms with Gasteiger partial charge in [0.15, 0.2) is 0 Å². The van der Waals surface area contributed by atoms with Crippen LogP contribution in [0.3, 0.4) is 0 Å². The molecule has 0 unspecified atom stereocenters. The molecule has 2 heterocycles. The Morgan fingerprint density at radius 2 is 1.63 bits per heavy atom. The molecule has 2 heteroatoms. The van der Waals surface area contributed by atoms with Crippen LogP contribution >= 0.6 is 0 Å². The second kappa shape index (κ2) is 3.91. The maximum Gasteiger partial charge on any atom is 0.124 e. The third kappa shape index (κ3) is 1.76. The van der Waals surface area contributed by atoms with Crippen LogP contribution in [0.4, 0.5) is 5.69 Å². The standard InChI is InChI=1S/C17H25NO/c1-16(2)8-10-18-11-9-17(3,4)14-13(19-5)7-6-12(16)15(14)18/h6-7H,8-11H2,1-5H3. The van der Waals surface area contributed by atoms with Crippen LogP contribution in [0.5, 0.6) is 5.75 Å². The average Bonchev–Trinajstić information content (AvgIpc) is 2.35. The van der Waals surface area contributed by atoms with Gasteiger partial charge in [-0.2, -0.15) is 0 Å². The topological polar surface area (TPSA) is 12.5 Å². The van der Waals surface area contributed by atoms with Crippen molar-refractivity contribution in [2.75, 3.05) is 25.1 Å². The molecule has 0 bridgehead atoms. The van der Waals surface area contributed by atoms with E-state index in [-0.39, 0.29) is 10.8 Å². The Kier molecular flexibility index (Phi) is 2.64. The lowest BCUT2D eigenvalue weighted by Gasteiger charge is -2.48. The normalized spacial score (nSPS) is 22.9. The number of methoxy groups -OCH3 is 1. The summed E-state index contributed by atoms with van der Waals surface area (Å²) in [7, 11) is 1.79. The van der Waals surface area contributed by atoms with Gasteiger partial charge >= 0.3 is 0 Å². The smallest absolute Gasteiger partial charge is 0.124 e. The van der Waals surface area contributed by atoms with Crippen molar-refractivity contribution in [3.63, 3.8) is 0 Å². The summed E-state index contributed by atoms with van der Waals surface area (Å²) in [6.45, 7) is 11.8. The summed E-state index contributed by atoms with van der Waals surface area (Å²) in [6.07, 6.45) is 2.45. The zero-order valence-electron chi connectivity index (χ0n) is 12.8. The van der Waals surface area contributed by atoms with Gasteiger partial charge in [0.1, 0.15) is 5.75 Å². The summed E-state index contributed by atoms with van der Waals surface area (Å²) in [6, 6.07) is 4.46. The van der Waals surface area contributed by atoms with E-state index in [2.05, 4.69) is 44.7 Å². The molecule has 0 saturated carbocycles. The molecule has 0 fully saturated rings. The Labute approximate surface area is 116 Å². The molecule has 1 aromatic carbocycles. The Bertz CT molecular complexity index is 514. The van der Waals surface area contributed by atoms with Crippen molar-refractivity contribution < 1.29 is 4.74 Å². The quantitative estimate of drug-likeness (QED) is 0.759. The van der Waals surface area contributed by atoms with Gasteiger partial charge in [-0.1, -0.05) is 33.8 Å². The van der Waals surface area contributed by atoms with Crippen LogP contribution in [-0.2, 0) is 10.8 Å². The summed E-state index contributed by atoms with van der Waals surface area (Å²) in [4.78, 5) is 2.57. The maximum absolute atomic E-state index is 5.66. The van der Waals surface area contributed by atoms with E-state index >= 15 is 0 Å². The maximum atomic E-state index is 5.66. The molecule has 0 atom stereocenters. The van der Waals surface area contributed by atoms with Crippen molar-refractivity contribution >= 4 is 5.69 Å². The van der Waals surface area contributed by atoms with E-state index in [0.29, 0.717) is 0 Å². The first-order chi connectivity index (χ1) is 8.87. The monoisotopic (exact) mass is 259 g/mol. The molecular formula is C17H25NO. The lowest BCUT2D eigenvalue weighted by molar-refractivity contribution is 0.363. The number of anilines is 1. The number of nitrogens with zero attached hydrogens (tertiary/aromatic N) is 1. The van der Waals surface area contributed by atoms with Gasteiger partial charge in [-0.05, 0) is 35.3 Å². The fourth-order valence-electron chi connectivity index (χ4n) is 3.70. The van der Waals surface area contributed by atoms with Crippen molar-refractivity contribution in [3.05, 3.63) is 23.3 Å². The third-order valence-electron chi connectivity index (χ3n) is 5.10. The van der Waals surface area contributed by atoms with Crippen molar-refractivity contribution in [3.8, 4) is 5.75 Å². The minimum atomic E-state index is 0.209. The Morgan fingerprint density at radius 1 is 1.00 bits per heavy atom. The van der Waals surface area contributed by atoms with Gasteiger partial charge in [0.25, 0.3) is 0 Å². The molecule has 2 nitrogen and oxygen atoms in total. The van der Waals surface area contributed by atoms with Crippen molar-refractivity contribution in [2.45, 2.75) is 51.4 Å². The van der Waals surface area contributed by atoms with Gasteiger partial charge in [0.05, 0.1) is 7.11 Å². The van der Waals surface area contributed by atoms with Gasteiger partial charge in [0.2, 0.25) is 0 Å². The fraction of sp³-hybridized carbons (Fsp3) is 0.647. The predicted octanol–water partition coefficient (Wildman–Crippen LogP) is 3.86. The first-order valence-electron chi connectivity index (χ1n) is 7.34. The van der Waals surface area contributed by atoms with Crippen molar-refractivity contribution in [1.82, 2.24) is 0 Å².